The minimum absolute atomic E-state index is 0.0762. The second kappa shape index (κ2) is 9.63. The molecule has 168 valence electrons. The first-order chi connectivity index (χ1) is 15.5. The summed E-state index contributed by atoms with van der Waals surface area (Å²) in [5.41, 5.74) is 1.30. The van der Waals surface area contributed by atoms with E-state index >= 15 is 0 Å². The molecule has 10 heteroatoms. The number of amides is 3. The summed E-state index contributed by atoms with van der Waals surface area (Å²) in [5.74, 6) is 0.247. The highest BCUT2D eigenvalue weighted by atomic mass is 19.1. The highest BCUT2D eigenvalue weighted by Gasteiger charge is 2.25. The number of likely N-dealkylation sites (tertiary alicyclic amines) is 1. The second-order valence-electron chi connectivity index (χ2n) is 7.83. The molecule has 0 spiro atoms. The van der Waals surface area contributed by atoms with E-state index in [2.05, 4.69) is 20.8 Å². The largest absolute Gasteiger partial charge is 0.342 e. The van der Waals surface area contributed by atoms with Gasteiger partial charge in [-0.3, -0.25) is 14.8 Å². The number of benzene rings is 1. The molecular weight excluding hydrogens is 413 g/mol. The van der Waals surface area contributed by atoms with Crippen molar-refractivity contribution in [3.63, 3.8) is 0 Å². The number of rotatable bonds is 6. The van der Waals surface area contributed by atoms with Gasteiger partial charge in [0, 0.05) is 44.0 Å². The molecule has 2 N–H and O–H groups in total. The second-order valence-corrected chi connectivity index (χ2v) is 7.83. The van der Waals surface area contributed by atoms with Crippen molar-refractivity contribution in [1.29, 1.82) is 0 Å². The van der Waals surface area contributed by atoms with Crippen LogP contribution in [0.25, 0.3) is 0 Å². The van der Waals surface area contributed by atoms with Crippen molar-refractivity contribution in [2.24, 2.45) is 0 Å². The molecule has 9 nitrogen and oxygen atoms in total. The van der Waals surface area contributed by atoms with Crippen molar-refractivity contribution in [3.05, 3.63) is 60.3 Å². The van der Waals surface area contributed by atoms with E-state index in [9.17, 15) is 14.0 Å². The Morgan fingerprint density at radius 3 is 2.69 bits per heavy atom. The molecule has 3 aromatic rings. The van der Waals surface area contributed by atoms with E-state index in [1.807, 2.05) is 24.1 Å². The number of anilines is 2. The van der Waals surface area contributed by atoms with Crippen LogP contribution in [0.15, 0.2) is 48.8 Å². The highest BCUT2D eigenvalue weighted by molar-refractivity contribution is 5.99. The van der Waals surface area contributed by atoms with Crippen LogP contribution in [0.1, 0.15) is 31.0 Å². The van der Waals surface area contributed by atoms with Gasteiger partial charge >= 0.3 is 6.03 Å². The van der Waals surface area contributed by atoms with Gasteiger partial charge in [-0.1, -0.05) is 6.07 Å². The molecule has 0 bridgehead atoms. The SMILES string of the molecule is Cc1ccn(CCC(=O)N2CCC(n3nccc3NC(=O)Nc3cccc(F)c3)CC2)n1. The summed E-state index contributed by atoms with van der Waals surface area (Å²) in [6.07, 6.45) is 5.41. The van der Waals surface area contributed by atoms with Crippen LogP contribution in [0.4, 0.5) is 20.7 Å². The van der Waals surface area contributed by atoms with E-state index in [1.165, 1.54) is 18.2 Å². The highest BCUT2D eigenvalue weighted by Crippen LogP contribution is 2.26. The van der Waals surface area contributed by atoms with Gasteiger partial charge in [0.05, 0.1) is 17.9 Å². The lowest BCUT2D eigenvalue weighted by molar-refractivity contribution is -0.132. The Kier molecular flexibility index (Phi) is 6.48. The van der Waals surface area contributed by atoms with E-state index in [4.69, 9.17) is 0 Å². The lowest BCUT2D eigenvalue weighted by atomic mass is 10.0. The average molecular weight is 439 g/mol. The van der Waals surface area contributed by atoms with Gasteiger partial charge in [0.1, 0.15) is 11.6 Å². The van der Waals surface area contributed by atoms with Crippen LogP contribution < -0.4 is 10.6 Å². The summed E-state index contributed by atoms with van der Waals surface area (Å²) >= 11 is 0. The van der Waals surface area contributed by atoms with Crippen molar-refractivity contribution >= 4 is 23.4 Å². The Balaban J connectivity index is 1.28. The van der Waals surface area contributed by atoms with Gasteiger partial charge in [0.15, 0.2) is 0 Å². The summed E-state index contributed by atoms with van der Waals surface area (Å²) in [7, 11) is 0. The Bertz CT molecular complexity index is 1090. The molecule has 0 saturated carbocycles. The van der Waals surface area contributed by atoms with Crippen molar-refractivity contribution in [2.45, 2.75) is 38.8 Å². The molecule has 0 aliphatic carbocycles. The van der Waals surface area contributed by atoms with Gasteiger partial charge in [-0.25, -0.2) is 13.9 Å². The normalized spacial score (nSPS) is 14.4. The maximum atomic E-state index is 13.3. The zero-order chi connectivity index (χ0) is 22.5. The van der Waals surface area contributed by atoms with Gasteiger partial charge in [-0.05, 0) is 44.0 Å². The van der Waals surface area contributed by atoms with Crippen LogP contribution in [0.5, 0.6) is 0 Å². The molecule has 1 aliphatic rings. The third kappa shape index (κ3) is 5.32. The predicted molar refractivity (Wildman–Crippen MR) is 118 cm³/mol. The molecule has 4 rings (SSSR count). The first-order valence-corrected chi connectivity index (χ1v) is 10.6. The fourth-order valence-corrected chi connectivity index (χ4v) is 3.86. The maximum absolute atomic E-state index is 13.3. The Morgan fingerprint density at radius 2 is 1.97 bits per heavy atom. The van der Waals surface area contributed by atoms with E-state index in [0.717, 1.165) is 18.5 Å². The number of carbonyl (C=O) groups excluding carboxylic acids is 2. The Labute approximate surface area is 185 Å². The smallest absolute Gasteiger partial charge is 0.324 e. The molecular formula is C22H26FN7O2. The van der Waals surface area contributed by atoms with Crippen molar-refractivity contribution in [2.75, 3.05) is 23.7 Å². The number of urea groups is 1. The zero-order valence-corrected chi connectivity index (χ0v) is 17.9. The summed E-state index contributed by atoms with van der Waals surface area (Å²) in [6.45, 7) is 3.76. The summed E-state index contributed by atoms with van der Waals surface area (Å²) in [5, 5.41) is 14.1. The monoisotopic (exact) mass is 439 g/mol. The number of halogens is 1. The first kappa shape index (κ1) is 21.5. The van der Waals surface area contributed by atoms with E-state index in [0.29, 0.717) is 37.6 Å². The van der Waals surface area contributed by atoms with Crippen LogP contribution in [0.3, 0.4) is 0 Å². The minimum Gasteiger partial charge on any atom is -0.342 e. The molecule has 1 fully saturated rings. The lowest BCUT2D eigenvalue weighted by Gasteiger charge is -2.32. The summed E-state index contributed by atoms with van der Waals surface area (Å²) in [4.78, 5) is 26.7. The molecule has 3 heterocycles. The van der Waals surface area contributed by atoms with E-state index < -0.39 is 11.8 Å². The Morgan fingerprint density at radius 1 is 1.16 bits per heavy atom. The number of nitrogens with zero attached hydrogens (tertiary/aromatic N) is 5. The van der Waals surface area contributed by atoms with Crippen LogP contribution in [-0.2, 0) is 11.3 Å². The standard InChI is InChI=1S/C22H26FN7O2/c1-16-6-13-29(27-16)14-9-21(31)28-11-7-19(8-12-28)30-20(5-10-24-30)26-22(32)25-18-4-2-3-17(23)15-18/h2-6,10,13,15,19H,7-9,11-12,14H2,1H3,(H2,25,26,32). The number of aromatic nitrogens is 4. The summed E-state index contributed by atoms with van der Waals surface area (Å²) in [6, 6.07) is 8.94. The molecule has 0 unspecified atom stereocenters. The molecule has 1 saturated heterocycles. The van der Waals surface area contributed by atoms with E-state index in [1.54, 1.807) is 27.7 Å². The van der Waals surface area contributed by atoms with Gasteiger partial charge in [-0.15, -0.1) is 0 Å². The third-order valence-corrected chi connectivity index (χ3v) is 5.49. The number of hydrogen-bond donors (Lipinski definition) is 2. The molecule has 0 atom stereocenters. The molecule has 32 heavy (non-hydrogen) atoms. The molecule has 1 aliphatic heterocycles. The van der Waals surface area contributed by atoms with Crippen LogP contribution in [-0.4, -0.2) is 49.5 Å². The fourth-order valence-electron chi connectivity index (χ4n) is 3.86. The number of hydrogen-bond acceptors (Lipinski definition) is 4. The van der Waals surface area contributed by atoms with Gasteiger partial charge < -0.3 is 10.2 Å². The van der Waals surface area contributed by atoms with Gasteiger partial charge in [0.2, 0.25) is 5.91 Å². The quantitative estimate of drug-likeness (QED) is 0.615. The predicted octanol–water partition coefficient (Wildman–Crippen LogP) is 3.42. The topological polar surface area (TPSA) is 97.1 Å². The zero-order valence-electron chi connectivity index (χ0n) is 17.9. The number of aryl methyl sites for hydroxylation is 2. The van der Waals surface area contributed by atoms with Crippen LogP contribution in [0, 0.1) is 12.7 Å². The molecule has 1 aromatic carbocycles. The lowest BCUT2D eigenvalue weighted by Crippen LogP contribution is -2.39. The number of carbonyl (C=O) groups is 2. The Hall–Kier alpha value is -3.69. The molecule has 0 radical (unpaired) electrons. The molecule has 2 aromatic heterocycles. The average Bonchev–Trinajstić information content (AvgIpc) is 3.40. The third-order valence-electron chi connectivity index (χ3n) is 5.49. The van der Waals surface area contributed by atoms with Crippen molar-refractivity contribution in [3.8, 4) is 0 Å². The van der Waals surface area contributed by atoms with Crippen LogP contribution in [0.2, 0.25) is 0 Å². The van der Waals surface area contributed by atoms with E-state index in [-0.39, 0.29) is 11.9 Å². The van der Waals surface area contributed by atoms with Gasteiger partial charge in [-0.2, -0.15) is 10.2 Å². The van der Waals surface area contributed by atoms with Crippen molar-refractivity contribution < 1.29 is 14.0 Å². The maximum Gasteiger partial charge on any atom is 0.324 e. The first-order valence-electron chi connectivity index (χ1n) is 10.6. The van der Waals surface area contributed by atoms with Crippen molar-refractivity contribution in [1.82, 2.24) is 24.5 Å². The summed E-state index contributed by atoms with van der Waals surface area (Å²) < 4.78 is 16.9. The fraction of sp³-hybridized carbons (Fsp3) is 0.364. The van der Waals surface area contributed by atoms with Gasteiger partial charge in [0.25, 0.3) is 0 Å². The van der Waals surface area contributed by atoms with Crippen LogP contribution >= 0.6 is 0 Å². The number of nitrogens with one attached hydrogen (secondary N) is 2. The number of piperidine rings is 1. The molecule has 3 amide bonds. The minimum atomic E-state index is -0.473.